The molecule has 7 heteroatoms. The van der Waals surface area contributed by atoms with Crippen molar-refractivity contribution >= 4 is 23.4 Å². The Hall–Kier alpha value is -2.38. The number of nitrogens with one attached hydrogen (secondary N) is 1. The Morgan fingerprint density at radius 2 is 1.97 bits per heavy atom. The van der Waals surface area contributed by atoms with E-state index in [1.54, 1.807) is 37.3 Å². The number of thioether (sulfide) groups is 1. The van der Waals surface area contributed by atoms with Crippen LogP contribution in [0.5, 0.6) is 5.75 Å². The summed E-state index contributed by atoms with van der Waals surface area (Å²) in [6.45, 7) is 4.61. The van der Waals surface area contributed by atoms with Gasteiger partial charge in [0.25, 0.3) is 0 Å². The molecule has 1 aliphatic heterocycles. The van der Waals surface area contributed by atoms with Crippen molar-refractivity contribution in [3.8, 4) is 5.75 Å². The fourth-order valence-corrected chi connectivity index (χ4v) is 3.98. The third-order valence-corrected chi connectivity index (χ3v) is 5.93. The van der Waals surface area contributed by atoms with Crippen LogP contribution in [0.15, 0.2) is 52.5 Å². The number of aromatic hydroxyl groups is 1. The smallest absolute Gasteiger partial charge is 0.250 e. The highest BCUT2D eigenvalue weighted by atomic mass is 32.2. The predicted molar refractivity (Wildman–Crippen MR) is 115 cm³/mol. The van der Waals surface area contributed by atoms with Crippen LogP contribution in [0, 0.1) is 5.82 Å². The van der Waals surface area contributed by atoms with E-state index in [-0.39, 0.29) is 23.2 Å². The summed E-state index contributed by atoms with van der Waals surface area (Å²) in [4.78, 5) is 14.8. The van der Waals surface area contributed by atoms with Crippen molar-refractivity contribution in [1.29, 1.82) is 0 Å². The molecular weight excluding hydrogens is 389 g/mol. The Labute approximate surface area is 175 Å². The highest BCUT2D eigenvalue weighted by molar-refractivity contribution is 8.00. The van der Waals surface area contributed by atoms with Crippen molar-refractivity contribution < 1.29 is 14.3 Å². The summed E-state index contributed by atoms with van der Waals surface area (Å²) < 4.78 is 13.6. The predicted octanol–water partition coefficient (Wildman–Crippen LogP) is 4.15. The Kier molecular flexibility index (Phi) is 7.66. The number of piperidine rings is 1. The number of rotatable bonds is 7. The monoisotopic (exact) mass is 415 g/mol. The standard InChI is InChI=1S/C22H26FN3O2S/c1-16(24-25-22(28)15-29-21-8-4-3-7-19(21)23)17-9-10-20(27)18(13-17)14-26-11-5-2-6-12-26/h3-4,7-10,13,27H,2,5-6,11-12,14-15H2,1H3,(H,25,28)/b24-16+. The molecule has 1 fully saturated rings. The van der Waals surface area contributed by atoms with Crippen molar-refractivity contribution in [2.45, 2.75) is 37.6 Å². The van der Waals surface area contributed by atoms with Crippen LogP contribution >= 0.6 is 11.8 Å². The fourth-order valence-electron chi connectivity index (χ4n) is 3.24. The molecule has 0 unspecified atom stereocenters. The van der Waals surface area contributed by atoms with Crippen molar-refractivity contribution in [3.05, 3.63) is 59.4 Å². The number of carbonyl (C=O) groups is 1. The number of likely N-dealkylation sites (tertiary alicyclic amines) is 1. The molecule has 0 aliphatic carbocycles. The van der Waals surface area contributed by atoms with Crippen LogP contribution in [-0.2, 0) is 11.3 Å². The number of hydrogen-bond donors (Lipinski definition) is 2. The molecule has 1 heterocycles. The molecule has 0 bridgehead atoms. The first-order chi connectivity index (χ1) is 14.0. The number of phenols is 1. The maximum atomic E-state index is 13.6. The van der Waals surface area contributed by atoms with Gasteiger partial charge in [0, 0.05) is 17.0 Å². The van der Waals surface area contributed by atoms with Gasteiger partial charge in [-0.05, 0) is 68.8 Å². The average Bonchev–Trinajstić information content (AvgIpc) is 2.73. The van der Waals surface area contributed by atoms with Crippen molar-refractivity contribution in [3.63, 3.8) is 0 Å². The molecule has 2 aromatic rings. The number of benzene rings is 2. The first-order valence-electron chi connectivity index (χ1n) is 9.78. The number of hydrogen-bond acceptors (Lipinski definition) is 5. The summed E-state index contributed by atoms with van der Waals surface area (Å²) in [6.07, 6.45) is 3.65. The summed E-state index contributed by atoms with van der Waals surface area (Å²) in [6, 6.07) is 11.7. The summed E-state index contributed by atoms with van der Waals surface area (Å²) in [5.41, 5.74) is 4.87. The van der Waals surface area contributed by atoms with Gasteiger partial charge in [-0.3, -0.25) is 9.69 Å². The quantitative estimate of drug-likeness (QED) is 0.405. The second-order valence-electron chi connectivity index (χ2n) is 7.13. The van der Waals surface area contributed by atoms with Gasteiger partial charge in [-0.2, -0.15) is 5.10 Å². The van der Waals surface area contributed by atoms with E-state index in [2.05, 4.69) is 15.4 Å². The van der Waals surface area contributed by atoms with E-state index < -0.39 is 0 Å². The van der Waals surface area contributed by atoms with E-state index in [0.717, 1.165) is 36.0 Å². The third kappa shape index (κ3) is 6.30. The van der Waals surface area contributed by atoms with E-state index in [4.69, 9.17) is 0 Å². The molecule has 3 rings (SSSR count). The number of carbonyl (C=O) groups excluding carboxylic acids is 1. The van der Waals surface area contributed by atoms with E-state index in [0.29, 0.717) is 17.2 Å². The second kappa shape index (κ2) is 10.4. The van der Waals surface area contributed by atoms with Gasteiger partial charge in [0.15, 0.2) is 0 Å². The summed E-state index contributed by atoms with van der Waals surface area (Å²) in [5.74, 6) is -0.286. The Balaban J connectivity index is 1.58. The maximum absolute atomic E-state index is 13.6. The van der Waals surface area contributed by atoms with Crippen LogP contribution in [0.2, 0.25) is 0 Å². The zero-order chi connectivity index (χ0) is 20.6. The van der Waals surface area contributed by atoms with Gasteiger partial charge >= 0.3 is 0 Å². The summed E-state index contributed by atoms with van der Waals surface area (Å²) in [5, 5.41) is 14.4. The Bertz CT molecular complexity index is 882. The first-order valence-corrected chi connectivity index (χ1v) is 10.8. The maximum Gasteiger partial charge on any atom is 0.250 e. The number of nitrogens with zero attached hydrogens (tertiary/aromatic N) is 2. The molecule has 2 N–H and O–H groups in total. The fraction of sp³-hybridized carbons (Fsp3) is 0.364. The van der Waals surface area contributed by atoms with Crippen LogP contribution < -0.4 is 5.43 Å². The number of hydrazone groups is 1. The Morgan fingerprint density at radius 1 is 1.21 bits per heavy atom. The highest BCUT2D eigenvalue weighted by Crippen LogP contribution is 2.23. The number of halogens is 1. The molecule has 1 saturated heterocycles. The molecule has 0 aromatic heterocycles. The lowest BCUT2D eigenvalue weighted by Gasteiger charge is -2.26. The molecule has 0 radical (unpaired) electrons. The molecule has 5 nitrogen and oxygen atoms in total. The van der Waals surface area contributed by atoms with Crippen LogP contribution in [-0.4, -0.2) is 40.5 Å². The van der Waals surface area contributed by atoms with Gasteiger partial charge in [-0.15, -0.1) is 11.8 Å². The lowest BCUT2D eigenvalue weighted by Crippen LogP contribution is -2.29. The van der Waals surface area contributed by atoms with E-state index in [9.17, 15) is 14.3 Å². The number of amides is 1. The van der Waals surface area contributed by atoms with Gasteiger partial charge in [-0.1, -0.05) is 18.6 Å². The summed E-state index contributed by atoms with van der Waals surface area (Å²) >= 11 is 1.13. The minimum atomic E-state index is -0.338. The zero-order valence-corrected chi connectivity index (χ0v) is 17.3. The Morgan fingerprint density at radius 3 is 2.72 bits per heavy atom. The van der Waals surface area contributed by atoms with E-state index in [1.165, 1.54) is 25.3 Å². The molecule has 0 atom stereocenters. The van der Waals surface area contributed by atoms with Crippen LogP contribution in [0.25, 0.3) is 0 Å². The molecule has 1 amide bonds. The molecule has 1 aliphatic rings. The first kappa shape index (κ1) is 21.3. The van der Waals surface area contributed by atoms with Crippen molar-refractivity contribution in [2.75, 3.05) is 18.8 Å². The lowest BCUT2D eigenvalue weighted by molar-refractivity contribution is -0.118. The largest absolute Gasteiger partial charge is 0.508 e. The van der Waals surface area contributed by atoms with Crippen molar-refractivity contribution in [1.82, 2.24) is 10.3 Å². The van der Waals surface area contributed by atoms with Crippen LogP contribution in [0.3, 0.4) is 0 Å². The minimum absolute atomic E-state index is 0.0769. The SMILES string of the molecule is C/C(=N\NC(=O)CSc1ccccc1F)c1ccc(O)c(CN2CCCCC2)c1. The molecule has 0 saturated carbocycles. The third-order valence-electron chi connectivity index (χ3n) is 4.88. The van der Waals surface area contributed by atoms with Gasteiger partial charge in [0.1, 0.15) is 11.6 Å². The molecule has 2 aromatic carbocycles. The second-order valence-corrected chi connectivity index (χ2v) is 8.15. The van der Waals surface area contributed by atoms with Gasteiger partial charge in [0.05, 0.1) is 11.5 Å². The number of phenolic OH excluding ortho intramolecular Hbond substituents is 1. The van der Waals surface area contributed by atoms with Gasteiger partial charge < -0.3 is 5.11 Å². The van der Waals surface area contributed by atoms with Gasteiger partial charge in [0.2, 0.25) is 5.91 Å². The molecule has 29 heavy (non-hydrogen) atoms. The zero-order valence-electron chi connectivity index (χ0n) is 16.5. The highest BCUT2D eigenvalue weighted by Gasteiger charge is 2.14. The van der Waals surface area contributed by atoms with Gasteiger partial charge in [-0.25, -0.2) is 9.82 Å². The van der Waals surface area contributed by atoms with Crippen molar-refractivity contribution in [2.24, 2.45) is 5.10 Å². The topological polar surface area (TPSA) is 64.9 Å². The van der Waals surface area contributed by atoms with Crippen LogP contribution in [0.1, 0.15) is 37.3 Å². The van der Waals surface area contributed by atoms with E-state index in [1.807, 2.05) is 6.07 Å². The average molecular weight is 416 g/mol. The summed E-state index contributed by atoms with van der Waals surface area (Å²) in [7, 11) is 0. The lowest BCUT2D eigenvalue weighted by atomic mass is 10.0. The minimum Gasteiger partial charge on any atom is -0.508 e. The molecule has 0 spiro atoms. The molecule has 154 valence electrons. The molecular formula is C22H26FN3O2S. The van der Waals surface area contributed by atoms with Crippen LogP contribution in [0.4, 0.5) is 4.39 Å². The van der Waals surface area contributed by atoms with E-state index >= 15 is 0 Å². The normalized spacial score (nSPS) is 15.3.